The van der Waals surface area contributed by atoms with Gasteiger partial charge in [-0.15, -0.1) is 0 Å². The van der Waals surface area contributed by atoms with Crippen LogP contribution in [-0.2, 0) is 22.6 Å². The van der Waals surface area contributed by atoms with E-state index in [4.69, 9.17) is 0 Å². The topological polar surface area (TPSA) is 49.4 Å². The smallest absolute Gasteiger partial charge is 0.242 e. The van der Waals surface area contributed by atoms with Crippen molar-refractivity contribution in [2.24, 2.45) is 0 Å². The van der Waals surface area contributed by atoms with E-state index >= 15 is 0 Å². The van der Waals surface area contributed by atoms with Gasteiger partial charge in [-0.2, -0.15) is 0 Å². The molecule has 0 fully saturated rings. The second kappa shape index (κ2) is 9.49. The number of halogens is 1. The van der Waals surface area contributed by atoms with Gasteiger partial charge in [-0.05, 0) is 57.4 Å². The molecular formula is C23H29FN2O2. The summed E-state index contributed by atoms with van der Waals surface area (Å²) >= 11 is 0. The van der Waals surface area contributed by atoms with Gasteiger partial charge in [0.2, 0.25) is 11.8 Å². The SMILES string of the molecule is C[C@@H](C(=O)NC(C)(C)C)N(Cc1ccc(F)cc1)C(=O)CCc1ccccc1. The third-order valence-corrected chi connectivity index (χ3v) is 4.40. The molecule has 0 saturated carbocycles. The lowest BCUT2D eigenvalue weighted by Crippen LogP contribution is -2.52. The van der Waals surface area contributed by atoms with Crippen molar-refractivity contribution in [3.63, 3.8) is 0 Å². The highest BCUT2D eigenvalue weighted by Gasteiger charge is 2.28. The van der Waals surface area contributed by atoms with Gasteiger partial charge in [0.15, 0.2) is 0 Å². The van der Waals surface area contributed by atoms with E-state index in [0.717, 1.165) is 11.1 Å². The van der Waals surface area contributed by atoms with Gasteiger partial charge < -0.3 is 10.2 Å². The zero-order chi connectivity index (χ0) is 20.7. The second-order valence-electron chi connectivity index (χ2n) is 8.05. The van der Waals surface area contributed by atoms with Crippen molar-refractivity contribution in [3.05, 3.63) is 71.5 Å². The Labute approximate surface area is 166 Å². The standard InChI is InChI=1S/C23H29FN2O2/c1-17(22(28)25-23(2,3)4)26(16-19-10-13-20(24)14-11-19)21(27)15-12-18-8-6-5-7-9-18/h5-11,13-14,17H,12,15-16H2,1-4H3,(H,25,28)/t17-/m0/s1. The Morgan fingerprint density at radius 3 is 2.18 bits per heavy atom. The fourth-order valence-corrected chi connectivity index (χ4v) is 2.88. The fourth-order valence-electron chi connectivity index (χ4n) is 2.88. The van der Waals surface area contributed by atoms with Crippen LogP contribution in [0.25, 0.3) is 0 Å². The van der Waals surface area contributed by atoms with Crippen molar-refractivity contribution in [2.75, 3.05) is 0 Å². The highest BCUT2D eigenvalue weighted by atomic mass is 19.1. The Bertz CT molecular complexity index is 782. The number of nitrogens with one attached hydrogen (secondary N) is 1. The normalized spacial score (nSPS) is 12.3. The van der Waals surface area contributed by atoms with Crippen LogP contribution in [0.15, 0.2) is 54.6 Å². The average Bonchev–Trinajstić information content (AvgIpc) is 2.64. The van der Waals surface area contributed by atoms with E-state index in [9.17, 15) is 14.0 Å². The molecule has 1 N–H and O–H groups in total. The number of hydrogen-bond acceptors (Lipinski definition) is 2. The monoisotopic (exact) mass is 384 g/mol. The molecule has 28 heavy (non-hydrogen) atoms. The number of aryl methyl sites for hydroxylation is 1. The number of amides is 2. The van der Waals surface area contributed by atoms with Crippen molar-refractivity contribution in [1.29, 1.82) is 0 Å². The minimum atomic E-state index is -0.632. The molecule has 0 aromatic heterocycles. The maximum Gasteiger partial charge on any atom is 0.242 e. The molecule has 2 amide bonds. The van der Waals surface area contributed by atoms with E-state index in [1.807, 2.05) is 51.1 Å². The molecule has 1 atom stereocenters. The van der Waals surface area contributed by atoms with Gasteiger partial charge in [0.1, 0.15) is 11.9 Å². The quantitative estimate of drug-likeness (QED) is 0.782. The molecule has 2 aromatic carbocycles. The minimum Gasteiger partial charge on any atom is -0.350 e. The summed E-state index contributed by atoms with van der Waals surface area (Å²) < 4.78 is 13.2. The predicted octanol–water partition coefficient (Wildman–Crippen LogP) is 4.09. The number of carbonyl (C=O) groups excluding carboxylic acids is 2. The number of rotatable bonds is 7. The molecule has 150 valence electrons. The van der Waals surface area contributed by atoms with E-state index in [1.165, 1.54) is 12.1 Å². The average molecular weight is 384 g/mol. The highest BCUT2D eigenvalue weighted by molar-refractivity contribution is 5.87. The summed E-state index contributed by atoms with van der Waals surface area (Å²) in [6.45, 7) is 7.69. The molecule has 0 heterocycles. The lowest BCUT2D eigenvalue weighted by Gasteiger charge is -2.31. The molecule has 0 unspecified atom stereocenters. The second-order valence-corrected chi connectivity index (χ2v) is 8.05. The van der Waals surface area contributed by atoms with Crippen LogP contribution in [0, 0.1) is 5.82 Å². The van der Waals surface area contributed by atoms with Gasteiger partial charge in [0, 0.05) is 18.5 Å². The lowest BCUT2D eigenvalue weighted by atomic mass is 10.1. The lowest BCUT2D eigenvalue weighted by molar-refractivity contribution is -0.141. The van der Waals surface area contributed by atoms with Crippen molar-refractivity contribution in [3.8, 4) is 0 Å². The van der Waals surface area contributed by atoms with Crippen molar-refractivity contribution in [1.82, 2.24) is 10.2 Å². The molecule has 0 radical (unpaired) electrons. The van der Waals surface area contributed by atoms with Crippen LogP contribution >= 0.6 is 0 Å². The van der Waals surface area contributed by atoms with Crippen LogP contribution in [-0.4, -0.2) is 28.3 Å². The third kappa shape index (κ3) is 6.80. The zero-order valence-electron chi connectivity index (χ0n) is 17.0. The molecular weight excluding hydrogens is 355 g/mol. The summed E-state index contributed by atoms with van der Waals surface area (Å²) in [5, 5.41) is 2.93. The molecule has 0 spiro atoms. The Hall–Kier alpha value is -2.69. The summed E-state index contributed by atoms with van der Waals surface area (Å²) in [4.78, 5) is 27.2. The minimum absolute atomic E-state index is 0.107. The van der Waals surface area contributed by atoms with Gasteiger partial charge in [-0.1, -0.05) is 42.5 Å². The zero-order valence-corrected chi connectivity index (χ0v) is 17.0. The first kappa shape index (κ1) is 21.6. The number of benzene rings is 2. The van der Waals surface area contributed by atoms with Crippen molar-refractivity contribution in [2.45, 2.75) is 58.7 Å². The number of hydrogen-bond donors (Lipinski definition) is 1. The Kier molecular flexibility index (Phi) is 7.32. The predicted molar refractivity (Wildman–Crippen MR) is 109 cm³/mol. The first-order chi connectivity index (χ1) is 13.2. The van der Waals surface area contributed by atoms with Gasteiger partial charge in [-0.25, -0.2) is 4.39 Å². The van der Waals surface area contributed by atoms with Crippen LogP contribution in [0.3, 0.4) is 0 Å². The number of carbonyl (C=O) groups is 2. The summed E-state index contributed by atoms with van der Waals surface area (Å²) in [6, 6.07) is 15.1. The Balaban J connectivity index is 2.15. The first-order valence-electron chi connectivity index (χ1n) is 9.55. The maximum atomic E-state index is 13.2. The third-order valence-electron chi connectivity index (χ3n) is 4.40. The van der Waals surface area contributed by atoms with Crippen LogP contribution in [0.2, 0.25) is 0 Å². The molecule has 0 aliphatic heterocycles. The van der Waals surface area contributed by atoms with E-state index in [-0.39, 0.29) is 29.7 Å². The maximum absolute atomic E-state index is 13.2. The molecule has 2 aromatic rings. The molecule has 5 heteroatoms. The van der Waals surface area contributed by atoms with E-state index in [0.29, 0.717) is 12.8 Å². The van der Waals surface area contributed by atoms with Crippen LogP contribution in [0.1, 0.15) is 45.2 Å². The molecule has 0 aliphatic carbocycles. The molecule has 0 saturated heterocycles. The highest BCUT2D eigenvalue weighted by Crippen LogP contribution is 2.14. The van der Waals surface area contributed by atoms with Crippen LogP contribution in [0.5, 0.6) is 0 Å². The summed E-state index contributed by atoms with van der Waals surface area (Å²) in [7, 11) is 0. The van der Waals surface area contributed by atoms with Gasteiger partial charge in [0.05, 0.1) is 0 Å². The van der Waals surface area contributed by atoms with Crippen molar-refractivity contribution < 1.29 is 14.0 Å². The van der Waals surface area contributed by atoms with Gasteiger partial charge >= 0.3 is 0 Å². The molecule has 0 bridgehead atoms. The van der Waals surface area contributed by atoms with E-state index in [2.05, 4.69) is 5.32 Å². The Morgan fingerprint density at radius 1 is 1.00 bits per heavy atom. The Morgan fingerprint density at radius 2 is 1.61 bits per heavy atom. The largest absolute Gasteiger partial charge is 0.350 e. The summed E-state index contributed by atoms with van der Waals surface area (Å²) in [5.74, 6) is -0.642. The van der Waals surface area contributed by atoms with E-state index < -0.39 is 6.04 Å². The van der Waals surface area contributed by atoms with Crippen LogP contribution < -0.4 is 5.32 Å². The molecule has 0 aliphatic rings. The fraction of sp³-hybridized carbons (Fsp3) is 0.391. The van der Waals surface area contributed by atoms with Crippen LogP contribution in [0.4, 0.5) is 4.39 Å². The number of nitrogens with zero attached hydrogens (tertiary/aromatic N) is 1. The van der Waals surface area contributed by atoms with Crippen molar-refractivity contribution >= 4 is 11.8 Å². The van der Waals surface area contributed by atoms with Gasteiger partial charge in [-0.3, -0.25) is 9.59 Å². The molecule has 4 nitrogen and oxygen atoms in total. The summed E-state index contributed by atoms with van der Waals surface area (Å²) in [5.41, 5.74) is 1.47. The molecule has 2 rings (SSSR count). The van der Waals surface area contributed by atoms with E-state index in [1.54, 1.807) is 24.0 Å². The first-order valence-corrected chi connectivity index (χ1v) is 9.55. The summed E-state index contributed by atoms with van der Waals surface area (Å²) in [6.07, 6.45) is 0.908. The van der Waals surface area contributed by atoms with Gasteiger partial charge in [0.25, 0.3) is 0 Å².